The van der Waals surface area contributed by atoms with Gasteiger partial charge in [0.1, 0.15) is 5.69 Å². The van der Waals surface area contributed by atoms with Crippen LogP contribution < -0.4 is 4.90 Å². The van der Waals surface area contributed by atoms with Gasteiger partial charge in [-0.1, -0.05) is 0 Å². The maximum atomic E-state index is 12.1. The molecule has 1 aliphatic heterocycles. The van der Waals surface area contributed by atoms with Crippen LogP contribution in [-0.4, -0.2) is 42.8 Å². The van der Waals surface area contributed by atoms with Crippen LogP contribution in [0, 0.1) is 10.1 Å². The summed E-state index contributed by atoms with van der Waals surface area (Å²) in [6.45, 7) is 1.66. The van der Waals surface area contributed by atoms with Crippen molar-refractivity contribution in [2.24, 2.45) is 0 Å². The van der Waals surface area contributed by atoms with Crippen LogP contribution in [0.15, 0.2) is 30.5 Å². The lowest BCUT2D eigenvalue weighted by atomic mass is 10.1. The minimum absolute atomic E-state index is 0.00556. The highest BCUT2D eigenvalue weighted by molar-refractivity contribution is 6.05. The van der Waals surface area contributed by atoms with Gasteiger partial charge in [0.15, 0.2) is 5.78 Å². The Bertz CT molecular complexity index is 590. The molecule has 0 spiro atoms. The van der Waals surface area contributed by atoms with Crippen LogP contribution in [0.1, 0.15) is 29.6 Å². The molecule has 118 valence electrons. The maximum absolute atomic E-state index is 12.1. The molecule has 1 aromatic rings. The number of anilines is 1. The van der Waals surface area contributed by atoms with Gasteiger partial charge in [0.25, 0.3) is 5.69 Å². The quantitative estimate of drug-likeness (QED) is 0.362. The van der Waals surface area contributed by atoms with Crippen LogP contribution in [0.3, 0.4) is 0 Å². The first-order valence-corrected chi connectivity index (χ1v) is 7.41. The van der Waals surface area contributed by atoms with E-state index in [0.29, 0.717) is 11.3 Å². The monoisotopic (exact) mass is 303 g/mol. The first-order chi connectivity index (χ1) is 10.5. The Labute approximate surface area is 130 Å². The highest BCUT2D eigenvalue weighted by atomic mass is 16.6. The standard InChI is InChI=1S/C16H21N3O3/c1-17(2)11-8-16(20)13-6-7-14(15(12-13)19(21)22)18-9-4-3-5-10-18/h6-8,11-12H,3-5,9-10H2,1-2H3. The number of piperidine rings is 1. The van der Waals surface area contributed by atoms with E-state index in [2.05, 4.69) is 0 Å². The van der Waals surface area contributed by atoms with Crippen molar-refractivity contribution >= 4 is 17.2 Å². The Morgan fingerprint density at radius 3 is 2.55 bits per heavy atom. The van der Waals surface area contributed by atoms with Crippen LogP contribution in [0.5, 0.6) is 0 Å². The molecule has 0 bridgehead atoms. The van der Waals surface area contributed by atoms with Crippen molar-refractivity contribution < 1.29 is 9.72 Å². The summed E-state index contributed by atoms with van der Waals surface area (Å²) in [6.07, 6.45) is 6.30. The predicted octanol–water partition coefficient (Wildman–Crippen LogP) is 2.84. The summed E-state index contributed by atoms with van der Waals surface area (Å²) in [4.78, 5) is 26.8. The number of allylic oxidation sites excluding steroid dienone is 1. The number of benzene rings is 1. The van der Waals surface area contributed by atoms with Gasteiger partial charge >= 0.3 is 0 Å². The van der Waals surface area contributed by atoms with Gasteiger partial charge in [-0.15, -0.1) is 0 Å². The third kappa shape index (κ3) is 3.84. The van der Waals surface area contributed by atoms with E-state index >= 15 is 0 Å². The summed E-state index contributed by atoms with van der Waals surface area (Å²) in [5, 5.41) is 11.3. The number of rotatable bonds is 5. The molecule has 6 nitrogen and oxygen atoms in total. The summed E-state index contributed by atoms with van der Waals surface area (Å²) in [5.41, 5.74) is 0.953. The van der Waals surface area contributed by atoms with Crippen LogP contribution in [0.4, 0.5) is 11.4 Å². The van der Waals surface area contributed by atoms with Gasteiger partial charge < -0.3 is 9.80 Å². The van der Waals surface area contributed by atoms with Crippen molar-refractivity contribution in [1.29, 1.82) is 0 Å². The number of nitrogens with zero attached hydrogens (tertiary/aromatic N) is 3. The fraction of sp³-hybridized carbons (Fsp3) is 0.438. The number of carbonyl (C=O) groups is 1. The van der Waals surface area contributed by atoms with Crippen molar-refractivity contribution in [2.45, 2.75) is 19.3 Å². The van der Waals surface area contributed by atoms with Crippen LogP contribution in [0.25, 0.3) is 0 Å². The third-order valence-electron chi connectivity index (χ3n) is 3.68. The van der Waals surface area contributed by atoms with E-state index in [1.807, 2.05) is 19.0 Å². The number of nitro groups is 1. The fourth-order valence-corrected chi connectivity index (χ4v) is 2.54. The summed E-state index contributed by atoms with van der Waals surface area (Å²) in [7, 11) is 3.62. The molecule has 0 radical (unpaired) electrons. The van der Waals surface area contributed by atoms with Crippen LogP contribution in [0.2, 0.25) is 0 Å². The molecule has 0 N–H and O–H groups in total. The van der Waals surface area contributed by atoms with E-state index in [4.69, 9.17) is 0 Å². The molecule has 0 atom stereocenters. The van der Waals surface area contributed by atoms with Gasteiger partial charge in [-0.25, -0.2) is 0 Å². The molecule has 0 unspecified atom stereocenters. The highest BCUT2D eigenvalue weighted by Gasteiger charge is 2.22. The number of ketones is 1. The molecular weight excluding hydrogens is 282 g/mol. The Morgan fingerprint density at radius 2 is 1.95 bits per heavy atom. The molecule has 6 heteroatoms. The Hall–Kier alpha value is -2.37. The van der Waals surface area contributed by atoms with E-state index in [9.17, 15) is 14.9 Å². The van der Waals surface area contributed by atoms with Crippen molar-refractivity contribution in [1.82, 2.24) is 4.90 Å². The second-order valence-electron chi connectivity index (χ2n) is 5.65. The molecule has 22 heavy (non-hydrogen) atoms. The number of hydrogen-bond acceptors (Lipinski definition) is 5. The SMILES string of the molecule is CN(C)C=CC(=O)c1ccc(N2CCCCC2)c([N+](=O)[O-])c1. The van der Waals surface area contributed by atoms with E-state index in [1.165, 1.54) is 12.1 Å². The average molecular weight is 303 g/mol. The second kappa shape index (κ2) is 7.06. The first-order valence-electron chi connectivity index (χ1n) is 7.41. The molecular formula is C16H21N3O3. The molecule has 1 aromatic carbocycles. The van der Waals surface area contributed by atoms with Gasteiger partial charge in [0.05, 0.1) is 4.92 Å². The topological polar surface area (TPSA) is 66.7 Å². The normalized spacial score (nSPS) is 15.1. The van der Waals surface area contributed by atoms with Gasteiger partial charge in [-0.3, -0.25) is 14.9 Å². The molecule has 0 aliphatic carbocycles. The van der Waals surface area contributed by atoms with Crippen molar-refractivity contribution in [3.05, 3.63) is 46.2 Å². The maximum Gasteiger partial charge on any atom is 0.293 e. The number of hydrogen-bond donors (Lipinski definition) is 0. The van der Waals surface area contributed by atoms with Crippen molar-refractivity contribution in [3.63, 3.8) is 0 Å². The summed E-state index contributed by atoms with van der Waals surface area (Å²) in [5.74, 6) is -0.234. The minimum Gasteiger partial charge on any atom is -0.383 e. The van der Waals surface area contributed by atoms with Gasteiger partial charge in [-0.2, -0.15) is 0 Å². The Balaban J connectivity index is 2.30. The molecule has 1 aliphatic rings. The summed E-state index contributed by atoms with van der Waals surface area (Å²) >= 11 is 0. The molecule has 1 saturated heterocycles. The van der Waals surface area contributed by atoms with Crippen LogP contribution >= 0.6 is 0 Å². The Morgan fingerprint density at radius 1 is 1.27 bits per heavy atom. The number of carbonyl (C=O) groups excluding carboxylic acids is 1. The van der Waals surface area contributed by atoms with Crippen molar-refractivity contribution in [3.8, 4) is 0 Å². The van der Waals surface area contributed by atoms with E-state index in [-0.39, 0.29) is 11.5 Å². The zero-order valence-electron chi connectivity index (χ0n) is 13.0. The fourth-order valence-electron chi connectivity index (χ4n) is 2.54. The zero-order chi connectivity index (χ0) is 16.1. The molecule has 2 rings (SSSR count). The first kappa shape index (κ1) is 16.0. The zero-order valence-corrected chi connectivity index (χ0v) is 13.0. The largest absolute Gasteiger partial charge is 0.383 e. The molecule has 0 amide bonds. The summed E-state index contributed by atoms with van der Waals surface area (Å²) in [6, 6.07) is 4.74. The smallest absolute Gasteiger partial charge is 0.293 e. The molecule has 0 aromatic heterocycles. The molecule has 0 saturated carbocycles. The minimum atomic E-state index is -0.406. The predicted molar refractivity (Wildman–Crippen MR) is 86.3 cm³/mol. The molecule has 1 heterocycles. The van der Waals surface area contributed by atoms with E-state index < -0.39 is 4.92 Å². The third-order valence-corrected chi connectivity index (χ3v) is 3.68. The van der Waals surface area contributed by atoms with E-state index in [0.717, 1.165) is 32.4 Å². The lowest BCUT2D eigenvalue weighted by molar-refractivity contribution is -0.384. The lowest BCUT2D eigenvalue weighted by Crippen LogP contribution is -2.30. The summed E-state index contributed by atoms with van der Waals surface area (Å²) < 4.78 is 0. The number of nitro benzene ring substituents is 1. The highest BCUT2D eigenvalue weighted by Crippen LogP contribution is 2.31. The van der Waals surface area contributed by atoms with Gasteiger partial charge in [0, 0.05) is 51.1 Å². The van der Waals surface area contributed by atoms with Crippen LogP contribution in [-0.2, 0) is 0 Å². The average Bonchev–Trinajstić information content (AvgIpc) is 2.52. The lowest BCUT2D eigenvalue weighted by Gasteiger charge is -2.28. The van der Waals surface area contributed by atoms with Gasteiger partial charge in [0.2, 0.25) is 0 Å². The van der Waals surface area contributed by atoms with Gasteiger partial charge in [-0.05, 0) is 31.4 Å². The second-order valence-corrected chi connectivity index (χ2v) is 5.65. The van der Waals surface area contributed by atoms with E-state index in [1.54, 1.807) is 23.2 Å². The van der Waals surface area contributed by atoms with Crippen molar-refractivity contribution in [2.75, 3.05) is 32.1 Å². The Kier molecular flexibility index (Phi) is 5.14. The molecule has 1 fully saturated rings.